The van der Waals surface area contributed by atoms with Gasteiger partial charge in [-0.25, -0.2) is 4.79 Å². The number of nitrogens with one attached hydrogen (secondary N) is 1. The topological polar surface area (TPSA) is 79.7 Å². The third kappa shape index (κ3) is 3.39. The molecule has 7 heteroatoms. The molecule has 26 heavy (non-hydrogen) atoms. The zero-order valence-corrected chi connectivity index (χ0v) is 15.4. The molecule has 0 bridgehead atoms. The summed E-state index contributed by atoms with van der Waals surface area (Å²) in [6.45, 7) is 4.61. The highest BCUT2D eigenvalue weighted by molar-refractivity contribution is 5.79. The van der Waals surface area contributed by atoms with Crippen molar-refractivity contribution in [1.29, 1.82) is 5.26 Å². The molecule has 3 saturated heterocycles. The van der Waals surface area contributed by atoms with Crippen LogP contribution < -0.4 is 5.32 Å². The van der Waals surface area contributed by atoms with Gasteiger partial charge in [-0.05, 0) is 50.4 Å². The van der Waals surface area contributed by atoms with Crippen LogP contribution in [0.4, 0.5) is 4.79 Å². The molecule has 1 N–H and O–H groups in total. The Morgan fingerprint density at radius 3 is 2.35 bits per heavy atom. The Labute approximate surface area is 155 Å². The fourth-order valence-corrected chi connectivity index (χ4v) is 5.26. The van der Waals surface area contributed by atoms with Crippen LogP contribution in [-0.2, 0) is 4.79 Å². The standard InChI is InChI=1S/C19H29N5O2/c20-10-17-4-3-7-24(17)18(25)11-21-16-8-14-12-23(13-15(14)9-16)19(26)22-5-1-2-6-22/h14-17,21H,1-9,11-13H2. The molecule has 3 heterocycles. The monoisotopic (exact) mass is 359 g/mol. The van der Waals surface area contributed by atoms with Crippen LogP contribution in [0.25, 0.3) is 0 Å². The summed E-state index contributed by atoms with van der Waals surface area (Å²) < 4.78 is 0. The van der Waals surface area contributed by atoms with Gasteiger partial charge in [0.15, 0.2) is 0 Å². The second-order valence-corrected chi connectivity index (χ2v) is 8.33. The molecule has 4 fully saturated rings. The maximum atomic E-state index is 12.5. The summed E-state index contributed by atoms with van der Waals surface area (Å²) in [5.41, 5.74) is 0. The van der Waals surface area contributed by atoms with Crippen molar-refractivity contribution in [3.05, 3.63) is 0 Å². The van der Waals surface area contributed by atoms with Gasteiger partial charge in [0.05, 0.1) is 12.6 Å². The highest BCUT2D eigenvalue weighted by atomic mass is 16.2. The molecule has 4 aliphatic rings. The Bertz CT molecular complexity index is 583. The van der Waals surface area contributed by atoms with Crippen molar-refractivity contribution in [3.63, 3.8) is 0 Å². The number of urea groups is 1. The minimum atomic E-state index is -0.239. The number of hydrogen-bond donors (Lipinski definition) is 1. The van der Waals surface area contributed by atoms with Gasteiger partial charge in [0.25, 0.3) is 0 Å². The second-order valence-electron chi connectivity index (χ2n) is 8.33. The minimum Gasteiger partial charge on any atom is -0.326 e. The van der Waals surface area contributed by atoms with Crippen molar-refractivity contribution in [1.82, 2.24) is 20.0 Å². The number of carbonyl (C=O) groups is 2. The van der Waals surface area contributed by atoms with Gasteiger partial charge in [-0.1, -0.05) is 0 Å². The molecule has 142 valence electrons. The number of likely N-dealkylation sites (tertiary alicyclic amines) is 3. The largest absolute Gasteiger partial charge is 0.326 e. The Hall–Kier alpha value is -1.81. The number of nitriles is 1. The summed E-state index contributed by atoms with van der Waals surface area (Å²) in [5.74, 6) is 1.18. The van der Waals surface area contributed by atoms with Crippen LogP contribution in [0.1, 0.15) is 38.5 Å². The van der Waals surface area contributed by atoms with E-state index >= 15 is 0 Å². The van der Waals surface area contributed by atoms with E-state index in [1.54, 1.807) is 4.90 Å². The van der Waals surface area contributed by atoms with Crippen LogP contribution in [0.5, 0.6) is 0 Å². The first-order valence-corrected chi connectivity index (χ1v) is 10.1. The van der Waals surface area contributed by atoms with Crippen LogP contribution in [0.2, 0.25) is 0 Å². The van der Waals surface area contributed by atoms with Gasteiger partial charge in [-0.2, -0.15) is 5.26 Å². The number of hydrogen-bond acceptors (Lipinski definition) is 4. The smallest absolute Gasteiger partial charge is 0.320 e. The number of carbonyl (C=O) groups excluding carboxylic acids is 2. The lowest BCUT2D eigenvalue weighted by Gasteiger charge is -2.25. The first kappa shape index (κ1) is 17.6. The van der Waals surface area contributed by atoms with Gasteiger partial charge in [0.2, 0.25) is 5.91 Å². The summed E-state index contributed by atoms with van der Waals surface area (Å²) in [6.07, 6.45) is 6.09. The molecule has 0 radical (unpaired) electrons. The third-order valence-electron chi connectivity index (χ3n) is 6.66. The molecule has 0 aromatic heterocycles. The Balaban J connectivity index is 1.22. The molecule has 7 nitrogen and oxygen atoms in total. The van der Waals surface area contributed by atoms with Crippen LogP contribution in [0, 0.1) is 23.2 Å². The molecule has 0 aromatic carbocycles. The summed E-state index contributed by atoms with van der Waals surface area (Å²) in [7, 11) is 0. The third-order valence-corrected chi connectivity index (χ3v) is 6.66. The van der Waals surface area contributed by atoms with E-state index in [9.17, 15) is 9.59 Å². The number of nitrogens with zero attached hydrogens (tertiary/aromatic N) is 4. The van der Waals surface area contributed by atoms with Gasteiger partial charge >= 0.3 is 6.03 Å². The molecule has 3 unspecified atom stereocenters. The van der Waals surface area contributed by atoms with Crippen LogP contribution in [0.15, 0.2) is 0 Å². The highest BCUT2D eigenvalue weighted by Crippen LogP contribution is 2.38. The van der Waals surface area contributed by atoms with Gasteiger partial charge in [-0.3, -0.25) is 4.79 Å². The number of fused-ring (bicyclic) bond motifs is 1. The maximum Gasteiger partial charge on any atom is 0.320 e. The van der Waals surface area contributed by atoms with Gasteiger partial charge in [-0.15, -0.1) is 0 Å². The number of rotatable bonds is 3. The molecule has 4 rings (SSSR count). The lowest BCUT2D eigenvalue weighted by atomic mass is 10.0. The normalized spacial score (nSPS) is 33.6. The molecular formula is C19H29N5O2. The van der Waals surface area contributed by atoms with E-state index in [0.29, 0.717) is 31.0 Å². The average molecular weight is 359 g/mol. The molecule has 3 amide bonds. The molecule has 3 aliphatic heterocycles. The van der Waals surface area contributed by atoms with Crippen LogP contribution in [0.3, 0.4) is 0 Å². The van der Waals surface area contributed by atoms with E-state index in [1.165, 1.54) is 0 Å². The van der Waals surface area contributed by atoms with Gasteiger partial charge in [0, 0.05) is 38.8 Å². The first-order valence-electron chi connectivity index (χ1n) is 10.1. The quantitative estimate of drug-likeness (QED) is 0.816. The highest BCUT2D eigenvalue weighted by Gasteiger charge is 2.43. The van der Waals surface area contributed by atoms with Crippen molar-refractivity contribution in [3.8, 4) is 6.07 Å². The van der Waals surface area contributed by atoms with Crippen molar-refractivity contribution >= 4 is 11.9 Å². The second kappa shape index (κ2) is 7.43. The summed E-state index contributed by atoms with van der Waals surface area (Å²) in [4.78, 5) is 30.7. The lowest BCUT2D eigenvalue weighted by Crippen LogP contribution is -2.44. The van der Waals surface area contributed by atoms with E-state index in [-0.39, 0.29) is 18.0 Å². The lowest BCUT2D eigenvalue weighted by molar-refractivity contribution is -0.130. The van der Waals surface area contributed by atoms with E-state index < -0.39 is 0 Å². The molecule has 3 atom stereocenters. The molecule has 0 aromatic rings. The van der Waals surface area contributed by atoms with Crippen molar-refractivity contribution in [2.45, 2.75) is 50.6 Å². The van der Waals surface area contributed by atoms with E-state index in [4.69, 9.17) is 5.26 Å². The molecule has 1 saturated carbocycles. The Morgan fingerprint density at radius 1 is 1.00 bits per heavy atom. The Kier molecular flexibility index (Phi) is 5.03. The van der Waals surface area contributed by atoms with Crippen molar-refractivity contribution < 1.29 is 9.59 Å². The molecular weight excluding hydrogens is 330 g/mol. The zero-order valence-electron chi connectivity index (χ0n) is 15.4. The van der Waals surface area contributed by atoms with Crippen molar-refractivity contribution in [2.75, 3.05) is 39.3 Å². The van der Waals surface area contributed by atoms with E-state index in [2.05, 4.69) is 11.4 Å². The van der Waals surface area contributed by atoms with E-state index in [1.807, 2.05) is 9.80 Å². The summed E-state index contributed by atoms with van der Waals surface area (Å²) in [5, 5.41) is 12.5. The SMILES string of the molecule is N#CC1CCCN1C(=O)CNC1CC2CN(C(=O)N3CCCC3)CC2C1. The van der Waals surface area contributed by atoms with Crippen molar-refractivity contribution in [2.24, 2.45) is 11.8 Å². The first-order chi connectivity index (χ1) is 12.7. The molecule has 1 aliphatic carbocycles. The maximum absolute atomic E-state index is 12.5. The predicted octanol–water partition coefficient (Wildman–Crippen LogP) is 1.02. The van der Waals surface area contributed by atoms with Crippen LogP contribution >= 0.6 is 0 Å². The van der Waals surface area contributed by atoms with Gasteiger partial charge < -0.3 is 20.0 Å². The fourth-order valence-electron chi connectivity index (χ4n) is 5.26. The zero-order chi connectivity index (χ0) is 18.1. The number of amides is 3. The summed E-state index contributed by atoms with van der Waals surface area (Å²) in [6, 6.07) is 2.58. The van der Waals surface area contributed by atoms with E-state index in [0.717, 1.165) is 64.7 Å². The van der Waals surface area contributed by atoms with Gasteiger partial charge in [0.1, 0.15) is 6.04 Å². The fraction of sp³-hybridized carbons (Fsp3) is 0.842. The Morgan fingerprint density at radius 2 is 1.69 bits per heavy atom. The summed E-state index contributed by atoms with van der Waals surface area (Å²) >= 11 is 0. The van der Waals surface area contributed by atoms with Crippen LogP contribution in [-0.4, -0.2) is 78.0 Å². The average Bonchev–Trinajstić information content (AvgIpc) is 3.42. The predicted molar refractivity (Wildman–Crippen MR) is 96.1 cm³/mol. The minimum absolute atomic E-state index is 0.0527. The molecule has 0 spiro atoms.